The summed E-state index contributed by atoms with van der Waals surface area (Å²) in [6.07, 6.45) is 73.5. The number of nitrogens with one attached hydrogen (secondary N) is 1. The summed E-state index contributed by atoms with van der Waals surface area (Å²) in [5.41, 5.74) is 0. The van der Waals surface area contributed by atoms with Gasteiger partial charge in [0.05, 0.1) is 39.9 Å². The Morgan fingerprint density at radius 3 is 1.04 bits per heavy atom. The molecule has 1 amide bonds. The highest BCUT2D eigenvalue weighted by molar-refractivity contribution is 7.47. The molecule has 74 heavy (non-hydrogen) atoms. The first-order valence-corrected chi connectivity index (χ1v) is 34.2. The lowest BCUT2D eigenvalue weighted by atomic mass is 10.0. The van der Waals surface area contributed by atoms with Gasteiger partial charge in [-0.2, -0.15) is 0 Å². The second-order valence-electron chi connectivity index (χ2n) is 23.8. The SMILES string of the molecule is CCCCCCCCCC/C=C\CCCCCCCCCCCCCCCCCCCCCCCCCCCCCCCC(=O)NC(COP(=O)(O)OCC[N+](C)(C)C)C(O)/C=C/CCCCCCCCCCC. The Kier molecular flexibility index (Phi) is 55.9. The molecule has 0 aromatic carbocycles. The maximum atomic E-state index is 13.0. The Balaban J connectivity index is 3.77. The standard InChI is InChI=1S/C65H129N2O6P/c1-6-8-10-12-14-16-18-19-20-21-22-23-24-25-26-27-28-29-30-31-32-33-34-35-36-37-38-39-40-41-42-43-44-45-46-47-49-51-53-55-57-59-65(69)66-63(62-73-74(70,71)72-61-60-67(3,4)5)64(68)58-56-54-52-50-48-17-15-13-11-9-7-2/h21-22,56,58,63-64,68H,6-20,23-55,57,59-62H2,1-5H3,(H-,66,69,70,71)/p+1/b22-21-,58-56+. The van der Waals surface area contributed by atoms with Crippen molar-refractivity contribution in [3.05, 3.63) is 24.3 Å². The van der Waals surface area contributed by atoms with Crippen molar-refractivity contribution >= 4 is 13.7 Å². The molecular weight excluding hydrogens is 936 g/mol. The number of quaternary nitrogens is 1. The molecule has 9 heteroatoms. The summed E-state index contributed by atoms with van der Waals surface area (Å²) in [7, 11) is 1.59. The van der Waals surface area contributed by atoms with Gasteiger partial charge >= 0.3 is 7.82 Å². The summed E-state index contributed by atoms with van der Waals surface area (Å²) in [5, 5.41) is 13.9. The van der Waals surface area contributed by atoms with Crippen LogP contribution < -0.4 is 5.32 Å². The smallest absolute Gasteiger partial charge is 0.387 e. The second-order valence-corrected chi connectivity index (χ2v) is 25.3. The zero-order valence-electron chi connectivity index (χ0n) is 50.4. The van der Waals surface area contributed by atoms with Crippen molar-refractivity contribution in [2.75, 3.05) is 40.9 Å². The lowest BCUT2D eigenvalue weighted by Gasteiger charge is -2.25. The number of unbranched alkanes of at least 4 members (excludes halogenated alkanes) is 46. The molecule has 0 fully saturated rings. The Morgan fingerprint density at radius 2 is 0.730 bits per heavy atom. The van der Waals surface area contributed by atoms with Crippen molar-refractivity contribution in [2.45, 2.75) is 347 Å². The van der Waals surface area contributed by atoms with E-state index in [1.807, 2.05) is 27.2 Å². The van der Waals surface area contributed by atoms with Crippen molar-refractivity contribution in [1.82, 2.24) is 5.32 Å². The van der Waals surface area contributed by atoms with Crippen LogP contribution in [0, 0.1) is 0 Å². The van der Waals surface area contributed by atoms with E-state index in [9.17, 15) is 19.4 Å². The van der Waals surface area contributed by atoms with E-state index in [1.54, 1.807) is 6.08 Å². The molecule has 0 aliphatic heterocycles. The Morgan fingerprint density at radius 1 is 0.446 bits per heavy atom. The molecule has 0 aliphatic carbocycles. The molecule has 0 aromatic rings. The Bertz CT molecular complexity index is 1260. The van der Waals surface area contributed by atoms with Gasteiger partial charge in [0.25, 0.3) is 0 Å². The molecule has 0 bridgehead atoms. The van der Waals surface area contributed by atoms with Crippen LogP contribution in [0.2, 0.25) is 0 Å². The highest BCUT2D eigenvalue weighted by Crippen LogP contribution is 2.43. The molecule has 0 aromatic heterocycles. The van der Waals surface area contributed by atoms with Gasteiger partial charge in [-0.3, -0.25) is 13.8 Å². The van der Waals surface area contributed by atoms with Crippen molar-refractivity contribution in [3.8, 4) is 0 Å². The minimum atomic E-state index is -4.34. The molecule has 0 saturated carbocycles. The summed E-state index contributed by atoms with van der Waals surface area (Å²) < 4.78 is 23.7. The van der Waals surface area contributed by atoms with Gasteiger partial charge in [-0.25, -0.2) is 4.57 Å². The second kappa shape index (κ2) is 56.7. The first-order chi connectivity index (χ1) is 36.0. The third-order valence-electron chi connectivity index (χ3n) is 15.2. The van der Waals surface area contributed by atoms with Gasteiger partial charge in [0.15, 0.2) is 0 Å². The van der Waals surface area contributed by atoms with E-state index in [2.05, 4.69) is 31.3 Å². The zero-order valence-corrected chi connectivity index (χ0v) is 51.3. The molecule has 8 nitrogen and oxygen atoms in total. The number of hydrogen-bond acceptors (Lipinski definition) is 5. The number of aliphatic hydroxyl groups is 1. The van der Waals surface area contributed by atoms with Crippen LogP contribution >= 0.6 is 7.82 Å². The fourth-order valence-corrected chi connectivity index (χ4v) is 10.8. The molecule has 0 rings (SSSR count). The van der Waals surface area contributed by atoms with Gasteiger partial charge < -0.3 is 19.8 Å². The van der Waals surface area contributed by atoms with Gasteiger partial charge in [0.1, 0.15) is 13.2 Å². The minimum Gasteiger partial charge on any atom is -0.387 e. The maximum absolute atomic E-state index is 13.0. The summed E-state index contributed by atoms with van der Waals surface area (Å²) in [5.74, 6) is -0.172. The van der Waals surface area contributed by atoms with Crippen LogP contribution in [0.15, 0.2) is 24.3 Å². The quantitative estimate of drug-likeness (QED) is 0.0243. The summed E-state index contributed by atoms with van der Waals surface area (Å²) in [6.45, 7) is 4.83. The lowest BCUT2D eigenvalue weighted by molar-refractivity contribution is -0.870. The van der Waals surface area contributed by atoms with Crippen molar-refractivity contribution < 1.29 is 32.9 Å². The number of amides is 1. The van der Waals surface area contributed by atoms with E-state index in [0.717, 1.165) is 38.5 Å². The average Bonchev–Trinajstić information content (AvgIpc) is 3.36. The van der Waals surface area contributed by atoms with E-state index in [0.29, 0.717) is 17.4 Å². The molecular formula is C65H130N2O6P+. The number of rotatable bonds is 61. The van der Waals surface area contributed by atoms with Crippen LogP contribution in [-0.2, 0) is 18.4 Å². The minimum absolute atomic E-state index is 0.0642. The predicted octanol–water partition coefficient (Wildman–Crippen LogP) is 20.3. The fraction of sp³-hybridized carbons (Fsp3) is 0.923. The van der Waals surface area contributed by atoms with Crippen molar-refractivity contribution in [3.63, 3.8) is 0 Å². The number of aliphatic hydroxyl groups excluding tert-OH is 1. The summed E-state index contributed by atoms with van der Waals surface area (Å²) in [4.78, 5) is 23.2. The van der Waals surface area contributed by atoms with Gasteiger partial charge in [-0.1, -0.05) is 308 Å². The van der Waals surface area contributed by atoms with Crippen molar-refractivity contribution in [2.24, 2.45) is 0 Å². The van der Waals surface area contributed by atoms with Crippen LogP contribution in [0.5, 0.6) is 0 Å². The largest absolute Gasteiger partial charge is 0.472 e. The lowest BCUT2D eigenvalue weighted by Crippen LogP contribution is -2.45. The molecule has 0 aliphatic rings. The molecule has 3 unspecified atom stereocenters. The number of hydrogen-bond donors (Lipinski definition) is 3. The number of carbonyl (C=O) groups is 1. The molecule has 0 heterocycles. The Hall–Kier alpha value is -1.02. The topological polar surface area (TPSA) is 105 Å². The highest BCUT2D eigenvalue weighted by atomic mass is 31.2. The maximum Gasteiger partial charge on any atom is 0.472 e. The Labute approximate surface area is 462 Å². The number of likely N-dealkylation sites (N-methyl/N-ethyl adjacent to an activating group) is 1. The molecule has 3 N–H and O–H groups in total. The predicted molar refractivity (Wildman–Crippen MR) is 323 cm³/mol. The number of allylic oxidation sites excluding steroid dienone is 3. The molecule has 440 valence electrons. The molecule has 0 saturated heterocycles. The first kappa shape index (κ1) is 73.0. The third-order valence-corrected chi connectivity index (χ3v) is 16.1. The van der Waals surface area contributed by atoms with Crippen LogP contribution in [0.1, 0.15) is 335 Å². The number of nitrogens with zero attached hydrogens (tertiary/aromatic N) is 1. The molecule has 3 atom stereocenters. The first-order valence-electron chi connectivity index (χ1n) is 32.7. The normalized spacial score (nSPS) is 13.9. The van der Waals surface area contributed by atoms with Crippen LogP contribution in [0.3, 0.4) is 0 Å². The van der Waals surface area contributed by atoms with Gasteiger partial charge in [-0.15, -0.1) is 0 Å². The molecule has 0 radical (unpaired) electrons. The van der Waals surface area contributed by atoms with E-state index in [1.165, 1.54) is 276 Å². The highest BCUT2D eigenvalue weighted by Gasteiger charge is 2.28. The van der Waals surface area contributed by atoms with E-state index in [-0.39, 0.29) is 19.1 Å². The average molecular weight is 1070 g/mol. The van der Waals surface area contributed by atoms with Gasteiger partial charge in [0.2, 0.25) is 5.91 Å². The monoisotopic (exact) mass is 1070 g/mol. The van der Waals surface area contributed by atoms with Crippen LogP contribution in [0.25, 0.3) is 0 Å². The van der Waals surface area contributed by atoms with E-state index < -0.39 is 20.0 Å². The van der Waals surface area contributed by atoms with Gasteiger partial charge in [0, 0.05) is 6.42 Å². The van der Waals surface area contributed by atoms with Crippen molar-refractivity contribution in [1.29, 1.82) is 0 Å². The zero-order chi connectivity index (χ0) is 54.2. The van der Waals surface area contributed by atoms with Crippen LogP contribution in [-0.4, -0.2) is 73.4 Å². The summed E-state index contributed by atoms with van der Waals surface area (Å²) >= 11 is 0. The number of phosphoric acid groups is 1. The van der Waals surface area contributed by atoms with E-state index >= 15 is 0 Å². The van der Waals surface area contributed by atoms with E-state index in [4.69, 9.17) is 9.05 Å². The summed E-state index contributed by atoms with van der Waals surface area (Å²) in [6, 6.07) is -0.842. The molecule has 0 spiro atoms. The van der Waals surface area contributed by atoms with Gasteiger partial charge in [-0.05, 0) is 44.9 Å². The number of phosphoric ester groups is 1. The van der Waals surface area contributed by atoms with Crippen LogP contribution in [0.4, 0.5) is 0 Å². The third kappa shape index (κ3) is 58.7. The fourth-order valence-electron chi connectivity index (χ4n) is 10.0. The number of carbonyl (C=O) groups excluding carboxylic acids is 1.